The van der Waals surface area contributed by atoms with Gasteiger partial charge in [0.15, 0.2) is 5.69 Å². The van der Waals surface area contributed by atoms with Crippen molar-refractivity contribution in [3.05, 3.63) is 16.1 Å². The number of thiazole rings is 1. The van der Waals surface area contributed by atoms with Gasteiger partial charge in [0, 0.05) is 44.0 Å². The van der Waals surface area contributed by atoms with E-state index in [1.807, 2.05) is 0 Å². The zero-order valence-electron chi connectivity index (χ0n) is 10.9. The molecule has 1 saturated heterocycles. The Hall–Kier alpha value is -1.67. The number of urea groups is 1. The van der Waals surface area contributed by atoms with Gasteiger partial charge in [-0.1, -0.05) is 0 Å². The van der Waals surface area contributed by atoms with Gasteiger partial charge in [-0.3, -0.25) is 0 Å². The summed E-state index contributed by atoms with van der Waals surface area (Å²) in [4.78, 5) is 28.1. The number of aliphatic hydroxyl groups is 1. The molecular formula is C12H17N3O4S. The number of carboxylic acid groups (broad SMARTS) is 1. The summed E-state index contributed by atoms with van der Waals surface area (Å²) in [5.41, 5.74) is 0.0432. The number of nitrogens with one attached hydrogen (secondary N) is 1. The van der Waals surface area contributed by atoms with Crippen LogP contribution in [0.4, 0.5) is 4.79 Å². The zero-order valence-corrected chi connectivity index (χ0v) is 11.7. The molecule has 3 N–H and O–H groups in total. The predicted molar refractivity (Wildman–Crippen MR) is 72.9 cm³/mol. The Bertz CT molecular complexity index is 491. The molecule has 1 fully saturated rings. The lowest BCUT2D eigenvalue weighted by atomic mass is 10.1. The highest BCUT2D eigenvalue weighted by atomic mass is 32.1. The Morgan fingerprint density at radius 3 is 2.95 bits per heavy atom. The van der Waals surface area contributed by atoms with Gasteiger partial charge < -0.3 is 20.4 Å². The number of hydrogen-bond acceptors (Lipinski definition) is 5. The van der Waals surface area contributed by atoms with E-state index in [1.165, 1.54) is 16.7 Å². The predicted octanol–water partition coefficient (Wildman–Crippen LogP) is 0.408. The molecule has 0 bridgehead atoms. The average molecular weight is 299 g/mol. The number of carbonyl (C=O) groups excluding carboxylic acids is 1. The lowest BCUT2D eigenvalue weighted by Gasteiger charge is -2.16. The third-order valence-electron chi connectivity index (χ3n) is 3.22. The molecule has 110 valence electrons. The maximum absolute atomic E-state index is 11.8. The highest BCUT2D eigenvalue weighted by Crippen LogP contribution is 2.15. The van der Waals surface area contributed by atoms with Crippen LogP contribution in [-0.4, -0.2) is 58.3 Å². The van der Waals surface area contributed by atoms with Crippen LogP contribution < -0.4 is 5.32 Å². The van der Waals surface area contributed by atoms with Gasteiger partial charge >= 0.3 is 12.0 Å². The number of likely N-dealkylation sites (tertiary alicyclic amines) is 1. The SMILES string of the molecule is O=C(O)c1csc(CCNC(=O)N2CCC(CO)C2)n1. The van der Waals surface area contributed by atoms with Gasteiger partial charge in [-0.2, -0.15) is 0 Å². The van der Waals surface area contributed by atoms with Crippen molar-refractivity contribution >= 4 is 23.3 Å². The summed E-state index contributed by atoms with van der Waals surface area (Å²) in [5, 5.41) is 22.7. The van der Waals surface area contributed by atoms with Gasteiger partial charge in [0.2, 0.25) is 0 Å². The molecule has 0 saturated carbocycles. The molecule has 1 aromatic rings. The summed E-state index contributed by atoms with van der Waals surface area (Å²) in [7, 11) is 0. The van der Waals surface area contributed by atoms with E-state index in [9.17, 15) is 9.59 Å². The van der Waals surface area contributed by atoms with Gasteiger partial charge in [0.1, 0.15) is 0 Å². The molecule has 1 aliphatic heterocycles. The maximum atomic E-state index is 11.8. The van der Waals surface area contributed by atoms with Crippen LogP contribution in [0.25, 0.3) is 0 Å². The number of aromatic nitrogens is 1. The third kappa shape index (κ3) is 3.67. The summed E-state index contributed by atoms with van der Waals surface area (Å²) in [6.07, 6.45) is 1.35. The Balaban J connectivity index is 1.72. The number of rotatable bonds is 5. The minimum absolute atomic E-state index is 0.0432. The van der Waals surface area contributed by atoms with E-state index in [4.69, 9.17) is 10.2 Å². The lowest BCUT2D eigenvalue weighted by molar-refractivity contribution is 0.0691. The van der Waals surface area contributed by atoms with Gasteiger partial charge in [-0.15, -0.1) is 11.3 Å². The second-order valence-electron chi connectivity index (χ2n) is 4.70. The van der Waals surface area contributed by atoms with Crippen LogP contribution in [0.2, 0.25) is 0 Å². The topological polar surface area (TPSA) is 103 Å². The van der Waals surface area contributed by atoms with Crippen molar-refractivity contribution < 1.29 is 19.8 Å². The summed E-state index contributed by atoms with van der Waals surface area (Å²) in [6.45, 7) is 1.78. The first kappa shape index (κ1) is 14.7. The van der Waals surface area contributed by atoms with E-state index in [-0.39, 0.29) is 24.2 Å². The highest BCUT2D eigenvalue weighted by Gasteiger charge is 2.25. The number of amides is 2. The molecule has 1 aromatic heterocycles. The fourth-order valence-electron chi connectivity index (χ4n) is 2.08. The van der Waals surface area contributed by atoms with Crippen LogP contribution in [0, 0.1) is 5.92 Å². The zero-order chi connectivity index (χ0) is 14.5. The van der Waals surface area contributed by atoms with Crippen LogP contribution in [0.1, 0.15) is 21.9 Å². The number of nitrogens with zero attached hydrogens (tertiary/aromatic N) is 2. The molecule has 1 unspecified atom stereocenters. The normalized spacial score (nSPS) is 18.2. The molecule has 0 aromatic carbocycles. The van der Waals surface area contributed by atoms with Gasteiger partial charge in [-0.05, 0) is 6.42 Å². The fraction of sp³-hybridized carbons (Fsp3) is 0.583. The molecule has 1 atom stereocenters. The van der Waals surface area contributed by atoms with Gasteiger partial charge in [0.05, 0.1) is 5.01 Å². The van der Waals surface area contributed by atoms with Crippen LogP contribution >= 0.6 is 11.3 Å². The minimum Gasteiger partial charge on any atom is -0.476 e. The van der Waals surface area contributed by atoms with Crippen LogP contribution in [-0.2, 0) is 6.42 Å². The van der Waals surface area contributed by atoms with Crippen LogP contribution in [0.15, 0.2) is 5.38 Å². The molecule has 2 amide bonds. The Morgan fingerprint density at radius 2 is 2.35 bits per heavy atom. The van der Waals surface area contributed by atoms with E-state index in [0.717, 1.165) is 6.42 Å². The Morgan fingerprint density at radius 1 is 1.55 bits per heavy atom. The summed E-state index contributed by atoms with van der Waals surface area (Å²) < 4.78 is 0. The molecular weight excluding hydrogens is 282 g/mol. The quantitative estimate of drug-likeness (QED) is 0.730. The molecule has 2 heterocycles. The van der Waals surface area contributed by atoms with Crippen molar-refractivity contribution in [3.8, 4) is 0 Å². The molecule has 1 aliphatic rings. The first-order chi connectivity index (χ1) is 9.60. The van der Waals surface area contributed by atoms with Gasteiger partial charge in [-0.25, -0.2) is 14.6 Å². The van der Waals surface area contributed by atoms with E-state index >= 15 is 0 Å². The molecule has 0 aliphatic carbocycles. The fourth-order valence-corrected chi connectivity index (χ4v) is 2.85. The Kier molecular flexibility index (Phi) is 4.91. The van der Waals surface area contributed by atoms with E-state index in [0.29, 0.717) is 31.1 Å². The number of carboxylic acids is 1. The van der Waals surface area contributed by atoms with E-state index in [2.05, 4.69) is 10.3 Å². The smallest absolute Gasteiger partial charge is 0.355 e. The molecule has 0 spiro atoms. The largest absolute Gasteiger partial charge is 0.476 e. The van der Waals surface area contributed by atoms with Crippen molar-refractivity contribution in [2.24, 2.45) is 5.92 Å². The van der Waals surface area contributed by atoms with Crippen LogP contribution in [0.5, 0.6) is 0 Å². The second-order valence-corrected chi connectivity index (χ2v) is 5.64. The van der Waals surface area contributed by atoms with Crippen molar-refractivity contribution in [2.45, 2.75) is 12.8 Å². The van der Waals surface area contributed by atoms with Crippen molar-refractivity contribution in [1.82, 2.24) is 15.2 Å². The molecule has 8 heteroatoms. The third-order valence-corrected chi connectivity index (χ3v) is 4.13. The minimum atomic E-state index is -1.04. The lowest BCUT2D eigenvalue weighted by Crippen LogP contribution is -2.39. The average Bonchev–Trinajstić information content (AvgIpc) is 3.07. The maximum Gasteiger partial charge on any atom is 0.355 e. The standard InChI is InChI=1S/C12H17N3O4S/c16-6-8-2-4-15(5-8)12(19)13-3-1-10-14-9(7-20-10)11(17)18/h7-8,16H,1-6H2,(H,13,19)(H,17,18). The van der Waals surface area contributed by atoms with E-state index in [1.54, 1.807) is 4.90 Å². The molecule has 20 heavy (non-hydrogen) atoms. The van der Waals surface area contributed by atoms with Crippen molar-refractivity contribution in [3.63, 3.8) is 0 Å². The van der Waals surface area contributed by atoms with Crippen LogP contribution in [0.3, 0.4) is 0 Å². The summed E-state index contributed by atoms with van der Waals surface area (Å²) in [6, 6.07) is -0.143. The van der Waals surface area contributed by atoms with Crippen molar-refractivity contribution in [1.29, 1.82) is 0 Å². The number of aliphatic hydroxyl groups excluding tert-OH is 1. The first-order valence-electron chi connectivity index (χ1n) is 6.41. The number of aromatic carboxylic acids is 1. The second kappa shape index (κ2) is 6.67. The first-order valence-corrected chi connectivity index (χ1v) is 7.29. The summed E-state index contributed by atoms with van der Waals surface area (Å²) >= 11 is 1.28. The monoisotopic (exact) mass is 299 g/mol. The number of hydrogen-bond donors (Lipinski definition) is 3. The molecule has 2 rings (SSSR count). The Labute approximate surface area is 120 Å². The molecule has 0 radical (unpaired) electrons. The summed E-state index contributed by atoms with van der Waals surface area (Å²) in [5.74, 6) is -0.860. The highest BCUT2D eigenvalue weighted by molar-refractivity contribution is 7.09. The van der Waals surface area contributed by atoms with Crippen molar-refractivity contribution in [2.75, 3.05) is 26.2 Å². The van der Waals surface area contributed by atoms with Gasteiger partial charge in [0.25, 0.3) is 0 Å². The number of carbonyl (C=O) groups is 2. The van der Waals surface area contributed by atoms with E-state index < -0.39 is 5.97 Å². The molecule has 7 nitrogen and oxygen atoms in total.